The number of hydrogen-bond acceptors (Lipinski definition) is 3. The Morgan fingerprint density at radius 2 is 1.40 bits per heavy atom. The number of aryl methyl sites for hydroxylation is 1. The van der Waals surface area contributed by atoms with Gasteiger partial charge >= 0.3 is 0 Å². The van der Waals surface area contributed by atoms with Gasteiger partial charge in [-0.15, -0.1) is 0 Å². The molecule has 0 radical (unpaired) electrons. The summed E-state index contributed by atoms with van der Waals surface area (Å²) < 4.78 is 0. The minimum absolute atomic E-state index is 0.276. The molecule has 0 unspecified atom stereocenters. The molecule has 0 aromatic heterocycles. The molecule has 3 rings (SSSR count). The fraction of sp³-hybridized carbons (Fsp3) is 0.0417. The quantitative estimate of drug-likeness (QED) is 0.451. The van der Waals surface area contributed by atoms with Crippen molar-refractivity contribution in [3.8, 4) is 0 Å². The second-order valence-electron chi connectivity index (χ2n) is 6.59. The van der Waals surface area contributed by atoms with E-state index >= 15 is 0 Å². The lowest BCUT2D eigenvalue weighted by Gasteiger charge is -2.08. The molecule has 0 fully saturated rings. The summed E-state index contributed by atoms with van der Waals surface area (Å²) in [5.74, 6) is -1.14. The van der Waals surface area contributed by atoms with Gasteiger partial charge in [0.25, 0.3) is 11.8 Å². The molecule has 0 aliphatic carbocycles. The van der Waals surface area contributed by atoms with Crippen molar-refractivity contribution in [2.75, 3.05) is 5.32 Å². The van der Waals surface area contributed by atoms with Crippen LogP contribution in [-0.2, 0) is 4.79 Å². The predicted molar refractivity (Wildman–Crippen MR) is 117 cm³/mol. The van der Waals surface area contributed by atoms with E-state index in [-0.39, 0.29) is 5.91 Å². The minimum atomic E-state index is -0.460. The Hall–Kier alpha value is -4.19. The molecule has 0 saturated carbocycles. The molecule has 0 spiro atoms. The van der Waals surface area contributed by atoms with Crippen LogP contribution >= 0.6 is 0 Å². The van der Waals surface area contributed by atoms with Crippen molar-refractivity contribution in [2.45, 2.75) is 6.92 Å². The van der Waals surface area contributed by atoms with E-state index in [0.29, 0.717) is 16.8 Å². The topological polar surface area (TPSA) is 87.3 Å². The summed E-state index contributed by atoms with van der Waals surface area (Å²) in [4.78, 5) is 36.3. The zero-order chi connectivity index (χ0) is 21.3. The minimum Gasteiger partial charge on any atom is -0.323 e. The van der Waals surface area contributed by atoms with E-state index in [4.69, 9.17) is 0 Å². The van der Waals surface area contributed by atoms with Crippen molar-refractivity contribution in [3.63, 3.8) is 0 Å². The first kappa shape index (κ1) is 20.5. The third-order valence-electron chi connectivity index (χ3n) is 4.21. The number of carbonyl (C=O) groups is 3. The van der Waals surface area contributed by atoms with Gasteiger partial charge in [0, 0.05) is 22.9 Å². The third-order valence-corrected chi connectivity index (χ3v) is 4.21. The molecular weight excluding hydrogens is 378 g/mol. The second kappa shape index (κ2) is 9.84. The highest BCUT2D eigenvalue weighted by molar-refractivity contribution is 6.02. The van der Waals surface area contributed by atoms with E-state index in [0.717, 1.165) is 11.1 Å². The maximum atomic E-state index is 12.2. The molecule has 0 aliphatic rings. The van der Waals surface area contributed by atoms with Crippen molar-refractivity contribution in [1.29, 1.82) is 0 Å². The van der Waals surface area contributed by atoms with Gasteiger partial charge < -0.3 is 5.32 Å². The molecule has 0 bridgehead atoms. The smallest absolute Gasteiger partial charge is 0.269 e. The van der Waals surface area contributed by atoms with Crippen molar-refractivity contribution < 1.29 is 14.4 Å². The summed E-state index contributed by atoms with van der Waals surface area (Å²) in [5.41, 5.74) is 7.99. The Bertz CT molecular complexity index is 1070. The van der Waals surface area contributed by atoms with Crippen LogP contribution in [0.5, 0.6) is 0 Å². The largest absolute Gasteiger partial charge is 0.323 e. The van der Waals surface area contributed by atoms with Crippen LogP contribution in [0.25, 0.3) is 6.08 Å². The molecule has 0 saturated heterocycles. The Labute approximate surface area is 174 Å². The zero-order valence-corrected chi connectivity index (χ0v) is 16.4. The molecule has 6 nitrogen and oxygen atoms in total. The van der Waals surface area contributed by atoms with Crippen molar-refractivity contribution in [2.24, 2.45) is 0 Å². The number of hydrogen-bond donors (Lipinski definition) is 3. The highest BCUT2D eigenvalue weighted by Crippen LogP contribution is 2.10. The molecule has 3 aromatic rings. The lowest BCUT2D eigenvalue weighted by Crippen LogP contribution is -2.41. The van der Waals surface area contributed by atoms with Crippen molar-refractivity contribution in [1.82, 2.24) is 10.9 Å². The van der Waals surface area contributed by atoms with E-state index in [1.54, 1.807) is 48.5 Å². The number of rotatable bonds is 5. The van der Waals surface area contributed by atoms with Gasteiger partial charge in [0.1, 0.15) is 0 Å². The van der Waals surface area contributed by atoms with Gasteiger partial charge in [-0.1, -0.05) is 48.0 Å². The number of benzene rings is 3. The van der Waals surface area contributed by atoms with Gasteiger partial charge in [0.15, 0.2) is 0 Å². The fourth-order valence-electron chi connectivity index (χ4n) is 2.67. The number of carbonyl (C=O) groups excluding carboxylic acids is 3. The molecule has 0 aliphatic heterocycles. The summed E-state index contributed by atoms with van der Waals surface area (Å²) >= 11 is 0. The van der Waals surface area contributed by atoms with Crippen molar-refractivity contribution in [3.05, 3.63) is 107 Å². The van der Waals surface area contributed by atoms with Crippen molar-refractivity contribution >= 4 is 29.5 Å². The first-order valence-electron chi connectivity index (χ1n) is 9.33. The zero-order valence-electron chi connectivity index (χ0n) is 16.4. The van der Waals surface area contributed by atoms with Crippen LogP contribution in [0.4, 0.5) is 5.69 Å². The summed E-state index contributed by atoms with van der Waals surface area (Å²) in [6.07, 6.45) is 3.16. The lowest BCUT2D eigenvalue weighted by molar-refractivity contribution is -0.111. The second-order valence-corrected chi connectivity index (χ2v) is 6.59. The number of hydrazine groups is 1. The van der Waals surface area contributed by atoms with Crippen LogP contribution < -0.4 is 16.2 Å². The molecule has 0 heterocycles. The SMILES string of the molecule is Cc1cccc(C(=O)NNC(=O)c2ccc(NC(=O)/C=C/c3ccccc3)cc2)c1. The highest BCUT2D eigenvalue weighted by atomic mass is 16.2. The van der Waals surface area contributed by atoms with Gasteiger partial charge in [-0.25, -0.2) is 0 Å². The summed E-state index contributed by atoms with van der Waals surface area (Å²) in [5, 5.41) is 2.73. The molecule has 0 atom stereocenters. The Morgan fingerprint density at radius 1 is 0.733 bits per heavy atom. The van der Waals surface area contributed by atoms with Gasteiger partial charge in [-0.2, -0.15) is 0 Å². The number of nitrogens with one attached hydrogen (secondary N) is 3. The highest BCUT2D eigenvalue weighted by Gasteiger charge is 2.09. The number of amides is 3. The summed E-state index contributed by atoms with van der Waals surface area (Å²) in [7, 11) is 0. The predicted octanol–water partition coefficient (Wildman–Crippen LogP) is 3.72. The molecule has 3 N–H and O–H groups in total. The lowest BCUT2D eigenvalue weighted by atomic mass is 10.1. The summed E-state index contributed by atoms with van der Waals surface area (Å²) in [6, 6.07) is 22.9. The Morgan fingerprint density at radius 3 is 2.07 bits per heavy atom. The van der Waals surface area contributed by atoms with Crippen LogP contribution in [0.2, 0.25) is 0 Å². The van der Waals surface area contributed by atoms with Crippen LogP contribution in [0, 0.1) is 6.92 Å². The van der Waals surface area contributed by atoms with Crippen LogP contribution in [0.15, 0.2) is 84.9 Å². The van der Waals surface area contributed by atoms with Crippen LogP contribution in [0.3, 0.4) is 0 Å². The normalized spacial score (nSPS) is 10.4. The van der Waals surface area contributed by atoms with E-state index < -0.39 is 11.8 Å². The summed E-state index contributed by atoms with van der Waals surface area (Å²) in [6.45, 7) is 1.88. The standard InChI is InChI=1S/C24H21N3O3/c1-17-6-5-9-20(16-17)24(30)27-26-23(29)19-11-13-21(14-12-19)25-22(28)15-10-18-7-3-2-4-8-18/h2-16H,1H3,(H,25,28)(H,26,29)(H,27,30)/b15-10+. The molecular formula is C24H21N3O3. The molecule has 30 heavy (non-hydrogen) atoms. The molecule has 3 aromatic carbocycles. The first-order valence-corrected chi connectivity index (χ1v) is 9.33. The van der Waals surface area contributed by atoms with Gasteiger partial charge in [-0.3, -0.25) is 25.2 Å². The average Bonchev–Trinajstić information content (AvgIpc) is 2.77. The Balaban J connectivity index is 1.52. The van der Waals surface area contributed by atoms with E-state index in [1.165, 1.54) is 6.08 Å². The van der Waals surface area contributed by atoms with Gasteiger partial charge in [-0.05, 0) is 55.0 Å². The van der Waals surface area contributed by atoms with E-state index in [2.05, 4.69) is 16.2 Å². The van der Waals surface area contributed by atoms with E-state index in [1.807, 2.05) is 43.3 Å². The molecule has 6 heteroatoms. The monoisotopic (exact) mass is 399 g/mol. The Kier molecular flexibility index (Phi) is 6.74. The molecule has 3 amide bonds. The molecule has 150 valence electrons. The average molecular weight is 399 g/mol. The van der Waals surface area contributed by atoms with E-state index in [9.17, 15) is 14.4 Å². The third kappa shape index (κ3) is 5.90. The first-order chi connectivity index (χ1) is 14.5. The van der Waals surface area contributed by atoms with Gasteiger partial charge in [0.2, 0.25) is 5.91 Å². The maximum absolute atomic E-state index is 12.2. The van der Waals surface area contributed by atoms with Crippen LogP contribution in [0.1, 0.15) is 31.8 Å². The fourth-order valence-corrected chi connectivity index (χ4v) is 2.67. The van der Waals surface area contributed by atoms with Crippen LogP contribution in [-0.4, -0.2) is 17.7 Å². The number of anilines is 1. The van der Waals surface area contributed by atoms with Gasteiger partial charge in [0.05, 0.1) is 0 Å². The maximum Gasteiger partial charge on any atom is 0.269 e.